The van der Waals surface area contributed by atoms with Gasteiger partial charge in [-0.15, -0.1) is 0 Å². The van der Waals surface area contributed by atoms with E-state index in [0.717, 1.165) is 50.5 Å². The SMILES string of the molecule is O=S(=O)(Nc1ccncn1)c1cc(O)c(N[C@H]2CC[C@H](c3cccc(C(F)(F)F)c3)C[C@@H]2N2CCCC2)cc1F. The van der Waals surface area contributed by atoms with E-state index < -0.39 is 38.2 Å². The molecular formula is C27H29F4N5O3S. The number of nitrogens with one attached hydrogen (secondary N) is 2. The zero-order valence-electron chi connectivity index (χ0n) is 21.4. The Morgan fingerprint density at radius 2 is 1.82 bits per heavy atom. The molecule has 0 bridgehead atoms. The monoisotopic (exact) mass is 579 g/mol. The van der Waals surface area contributed by atoms with Crippen molar-refractivity contribution in [2.75, 3.05) is 23.1 Å². The van der Waals surface area contributed by atoms with Crippen LogP contribution in [0, 0.1) is 5.82 Å². The second-order valence-corrected chi connectivity index (χ2v) is 11.8. The first-order valence-corrected chi connectivity index (χ1v) is 14.5. The van der Waals surface area contributed by atoms with Crippen molar-refractivity contribution in [1.82, 2.24) is 14.9 Å². The number of likely N-dealkylation sites (tertiary alicyclic amines) is 1. The first kappa shape index (κ1) is 28.1. The van der Waals surface area contributed by atoms with Crippen LogP contribution in [-0.2, 0) is 16.2 Å². The van der Waals surface area contributed by atoms with Crippen molar-refractivity contribution in [3.05, 3.63) is 71.9 Å². The highest BCUT2D eigenvalue weighted by molar-refractivity contribution is 7.92. The zero-order valence-corrected chi connectivity index (χ0v) is 22.2. The van der Waals surface area contributed by atoms with Crippen LogP contribution in [0.5, 0.6) is 5.75 Å². The van der Waals surface area contributed by atoms with E-state index in [1.165, 1.54) is 24.4 Å². The molecule has 2 aliphatic rings. The minimum absolute atomic E-state index is 0.0465. The molecule has 1 aliphatic heterocycles. The minimum Gasteiger partial charge on any atom is -0.506 e. The van der Waals surface area contributed by atoms with E-state index in [0.29, 0.717) is 24.8 Å². The number of phenolic OH excluding ortho intramolecular Hbond substituents is 1. The van der Waals surface area contributed by atoms with Crippen LogP contribution < -0.4 is 10.0 Å². The van der Waals surface area contributed by atoms with Gasteiger partial charge in [0.25, 0.3) is 10.0 Å². The molecular weight excluding hydrogens is 550 g/mol. The van der Waals surface area contributed by atoms with Crippen molar-refractivity contribution in [2.24, 2.45) is 0 Å². The second kappa shape index (κ2) is 11.2. The number of anilines is 2. The number of hydrogen-bond acceptors (Lipinski definition) is 7. The molecule has 214 valence electrons. The molecule has 2 heterocycles. The molecule has 1 aromatic heterocycles. The number of rotatable bonds is 7. The lowest BCUT2D eigenvalue weighted by atomic mass is 9.77. The van der Waals surface area contributed by atoms with Crippen LogP contribution in [0.15, 0.2) is 59.9 Å². The molecule has 0 spiro atoms. The highest BCUT2D eigenvalue weighted by Gasteiger charge is 2.38. The molecule has 13 heteroatoms. The van der Waals surface area contributed by atoms with Gasteiger partial charge >= 0.3 is 6.18 Å². The number of hydrogen-bond donors (Lipinski definition) is 3. The van der Waals surface area contributed by atoms with Gasteiger partial charge in [0.1, 0.15) is 28.6 Å². The molecule has 40 heavy (non-hydrogen) atoms. The Morgan fingerprint density at radius 1 is 1.05 bits per heavy atom. The molecule has 3 aromatic rings. The summed E-state index contributed by atoms with van der Waals surface area (Å²) in [4.78, 5) is 9.02. The number of aromatic nitrogens is 2. The smallest absolute Gasteiger partial charge is 0.416 e. The number of benzene rings is 2. The van der Waals surface area contributed by atoms with E-state index in [2.05, 4.69) is 24.9 Å². The van der Waals surface area contributed by atoms with E-state index in [4.69, 9.17) is 0 Å². The van der Waals surface area contributed by atoms with Crippen molar-refractivity contribution in [2.45, 2.75) is 61.2 Å². The largest absolute Gasteiger partial charge is 0.506 e. The average Bonchev–Trinajstić information content (AvgIpc) is 3.45. The molecule has 3 N–H and O–H groups in total. The van der Waals surface area contributed by atoms with E-state index in [-0.39, 0.29) is 29.5 Å². The zero-order chi connectivity index (χ0) is 28.5. The Kier molecular flexibility index (Phi) is 7.87. The molecule has 5 rings (SSSR count). The molecule has 8 nitrogen and oxygen atoms in total. The molecule has 1 saturated carbocycles. The summed E-state index contributed by atoms with van der Waals surface area (Å²) in [5, 5.41) is 13.9. The maximum atomic E-state index is 15.1. The third kappa shape index (κ3) is 6.15. The van der Waals surface area contributed by atoms with E-state index in [9.17, 15) is 26.7 Å². The van der Waals surface area contributed by atoms with Gasteiger partial charge < -0.3 is 10.4 Å². The lowest BCUT2D eigenvalue weighted by molar-refractivity contribution is -0.137. The molecule has 0 unspecified atom stereocenters. The first-order valence-electron chi connectivity index (χ1n) is 13.0. The van der Waals surface area contributed by atoms with Crippen molar-refractivity contribution in [3.63, 3.8) is 0 Å². The Bertz CT molecular complexity index is 1450. The Balaban J connectivity index is 1.36. The van der Waals surface area contributed by atoms with Gasteiger partial charge in [0, 0.05) is 30.4 Å². The molecule has 2 aromatic carbocycles. The fraction of sp³-hybridized carbons (Fsp3) is 0.407. The van der Waals surface area contributed by atoms with Crippen LogP contribution in [0.3, 0.4) is 0 Å². The summed E-state index contributed by atoms with van der Waals surface area (Å²) < 4.78 is 82.7. The number of nitrogens with zero attached hydrogens (tertiary/aromatic N) is 3. The van der Waals surface area contributed by atoms with Crippen LogP contribution in [0.4, 0.5) is 29.1 Å². The average molecular weight is 580 g/mol. The maximum Gasteiger partial charge on any atom is 0.416 e. The number of sulfonamides is 1. The fourth-order valence-corrected chi connectivity index (χ4v) is 6.76. The normalized spacial score (nSPS) is 22.2. The molecule has 0 radical (unpaired) electrons. The highest BCUT2D eigenvalue weighted by Crippen LogP contribution is 2.41. The Labute approximate surface area is 229 Å². The summed E-state index contributed by atoms with van der Waals surface area (Å²) in [5.41, 5.74) is 0.00919. The Hall–Kier alpha value is -3.45. The predicted octanol–water partition coefficient (Wildman–Crippen LogP) is 5.35. The number of aromatic hydroxyl groups is 1. The van der Waals surface area contributed by atoms with Crippen LogP contribution in [0.1, 0.15) is 49.1 Å². The van der Waals surface area contributed by atoms with Gasteiger partial charge in [-0.25, -0.2) is 22.8 Å². The third-order valence-electron chi connectivity index (χ3n) is 7.61. The molecule has 3 atom stereocenters. The minimum atomic E-state index is -4.42. The van der Waals surface area contributed by atoms with Gasteiger partial charge in [-0.2, -0.15) is 13.2 Å². The summed E-state index contributed by atoms with van der Waals surface area (Å²) in [7, 11) is -4.38. The summed E-state index contributed by atoms with van der Waals surface area (Å²) in [5.74, 6) is -1.64. The van der Waals surface area contributed by atoms with Crippen molar-refractivity contribution in [1.29, 1.82) is 0 Å². The maximum absolute atomic E-state index is 15.1. The number of alkyl halides is 3. The van der Waals surface area contributed by atoms with Crippen LogP contribution in [0.2, 0.25) is 0 Å². The summed E-state index contributed by atoms with van der Waals surface area (Å²) in [6.45, 7) is 1.68. The lowest BCUT2D eigenvalue weighted by Crippen LogP contribution is -2.49. The summed E-state index contributed by atoms with van der Waals surface area (Å²) >= 11 is 0. The van der Waals surface area contributed by atoms with Crippen LogP contribution >= 0.6 is 0 Å². The van der Waals surface area contributed by atoms with Crippen LogP contribution in [-0.4, -0.2) is 53.6 Å². The van der Waals surface area contributed by atoms with Gasteiger partial charge in [-0.05, 0) is 68.8 Å². The summed E-state index contributed by atoms with van der Waals surface area (Å²) in [6, 6.07) is 8.25. The fourth-order valence-electron chi connectivity index (χ4n) is 5.67. The Morgan fingerprint density at radius 3 is 2.52 bits per heavy atom. The first-order chi connectivity index (χ1) is 19.0. The highest BCUT2D eigenvalue weighted by atomic mass is 32.2. The van der Waals surface area contributed by atoms with Crippen molar-refractivity contribution < 1.29 is 31.1 Å². The van der Waals surface area contributed by atoms with Crippen molar-refractivity contribution in [3.8, 4) is 5.75 Å². The van der Waals surface area contributed by atoms with E-state index in [1.54, 1.807) is 6.07 Å². The van der Waals surface area contributed by atoms with Crippen LogP contribution in [0.25, 0.3) is 0 Å². The van der Waals surface area contributed by atoms with Crippen molar-refractivity contribution >= 4 is 21.5 Å². The van der Waals surface area contributed by atoms with Gasteiger partial charge in [-0.3, -0.25) is 9.62 Å². The summed E-state index contributed by atoms with van der Waals surface area (Å²) in [6.07, 6.45) is 1.81. The number of phenols is 1. The topological polar surface area (TPSA) is 107 Å². The number of halogens is 4. The third-order valence-corrected chi connectivity index (χ3v) is 8.98. The van der Waals surface area contributed by atoms with Gasteiger partial charge in [-0.1, -0.05) is 18.2 Å². The molecule has 1 aliphatic carbocycles. The van der Waals surface area contributed by atoms with E-state index >= 15 is 4.39 Å². The van der Waals surface area contributed by atoms with Gasteiger partial charge in [0.05, 0.1) is 11.3 Å². The lowest BCUT2D eigenvalue weighted by Gasteiger charge is -2.42. The second-order valence-electron chi connectivity index (χ2n) is 10.2. The standard InChI is InChI=1S/C27H29F4N5O3S/c28-20-14-22(24(37)15-25(20)40(38,39)35-26-8-9-32-16-33-26)34-21-7-6-18(13-23(21)36-10-1-2-11-36)17-4-3-5-19(12-17)27(29,30)31/h3-5,8-9,12,14-16,18,21,23,34,37H,1-2,6-7,10-11,13H2,(H,32,33,35)/t18-,21-,23-/m0/s1. The molecule has 0 amide bonds. The molecule has 2 fully saturated rings. The van der Waals surface area contributed by atoms with Gasteiger partial charge in [0.2, 0.25) is 0 Å². The predicted molar refractivity (Wildman–Crippen MR) is 141 cm³/mol. The molecule has 1 saturated heterocycles. The quantitative estimate of drug-likeness (QED) is 0.256. The van der Waals surface area contributed by atoms with Gasteiger partial charge in [0.15, 0.2) is 0 Å². The van der Waals surface area contributed by atoms with E-state index in [1.807, 2.05) is 0 Å².